The Morgan fingerprint density at radius 1 is 1.23 bits per heavy atom. The summed E-state index contributed by atoms with van der Waals surface area (Å²) in [6, 6.07) is 6.94. The zero-order valence-electron chi connectivity index (χ0n) is 13.3. The predicted molar refractivity (Wildman–Crippen MR) is 85.9 cm³/mol. The highest BCUT2D eigenvalue weighted by atomic mass is 16.4. The van der Waals surface area contributed by atoms with Crippen LogP contribution in [0.4, 0.5) is 0 Å². The van der Waals surface area contributed by atoms with Gasteiger partial charge in [-0.2, -0.15) is 0 Å². The average molecular weight is 303 g/mol. The van der Waals surface area contributed by atoms with Crippen molar-refractivity contribution < 1.29 is 14.7 Å². The van der Waals surface area contributed by atoms with Crippen LogP contribution in [0.5, 0.6) is 0 Å². The Labute approximate surface area is 132 Å². The molecule has 0 bridgehead atoms. The van der Waals surface area contributed by atoms with E-state index in [1.54, 1.807) is 18.2 Å². The number of hydrogen-bond acceptors (Lipinski definition) is 2. The van der Waals surface area contributed by atoms with Gasteiger partial charge in [-0.25, -0.2) is 4.79 Å². The molecule has 1 fully saturated rings. The fourth-order valence-electron chi connectivity index (χ4n) is 3.17. The summed E-state index contributed by atoms with van der Waals surface area (Å²) in [5, 5.41) is 9.18. The highest BCUT2D eigenvalue weighted by Crippen LogP contribution is 2.21. The highest BCUT2D eigenvalue weighted by Gasteiger charge is 2.20. The molecule has 0 aliphatic carbocycles. The molecule has 1 N–H and O–H groups in total. The minimum Gasteiger partial charge on any atom is -0.478 e. The van der Waals surface area contributed by atoms with Crippen LogP contribution in [0.15, 0.2) is 24.3 Å². The number of carboxylic acids is 1. The number of carboxylic acid groups (broad SMARTS) is 1. The smallest absolute Gasteiger partial charge is 0.335 e. The van der Waals surface area contributed by atoms with E-state index >= 15 is 0 Å². The van der Waals surface area contributed by atoms with Crippen molar-refractivity contribution in [2.45, 2.75) is 45.4 Å². The van der Waals surface area contributed by atoms with Crippen LogP contribution in [-0.2, 0) is 11.2 Å². The molecule has 1 heterocycles. The van der Waals surface area contributed by atoms with E-state index in [1.807, 2.05) is 11.0 Å². The Balaban J connectivity index is 1.91. The SMILES string of the molecule is CCC1CCCN(C(=O)CCc2ccccc2C(=O)O)CC1. The molecule has 1 unspecified atom stereocenters. The molecule has 0 aromatic heterocycles. The van der Waals surface area contributed by atoms with Gasteiger partial charge in [-0.3, -0.25) is 4.79 Å². The molecular formula is C18H25NO3. The third-order valence-electron chi connectivity index (χ3n) is 4.63. The monoisotopic (exact) mass is 303 g/mol. The first-order chi connectivity index (χ1) is 10.6. The average Bonchev–Trinajstić information content (AvgIpc) is 2.78. The van der Waals surface area contributed by atoms with Crippen molar-refractivity contribution in [2.24, 2.45) is 5.92 Å². The van der Waals surface area contributed by atoms with E-state index in [0.29, 0.717) is 18.4 Å². The van der Waals surface area contributed by atoms with Crippen LogP contribution >= 0.6 is 0 Å². The molecule has 4 nitrogen and oxygen atoms in total. The number of hydrogen-bond donors (Lipinski definition) is 1. The van der Waals surface area contributed by atoms with Crippen LogP contribution in [0.3, 0.4) is 0 Å². The first-order valence-corrected chi connectivity index (χ1v) is 8.20. The van der Waals surface area contributed by atoms with Gasteiger partial charge in [-0.05, 0) is 43.2 Å². The largest absolute Gasteiger partial charge is 0.478 e. The molecule has 120 valence electrons. The van der Waals surface area contributed by atoms with Crippen molar-refractivity contribution in [3.05, 3.63) is 35.4 Å². The number of likely N-dealkylation sites (tertiary alicyclic amines) is 1. The Hall–Kier alpha value is -1.84. The molecule has 1 aliphatic rings. The van der Waals surface area contributed by atoms with Gasteiger partial charge in [0.15, 0.2) is 0 Å². The number of rotatable bonds is 5. The van der Waals surface area contributed by atoms with Crippen molar-refractivity contribution in [3.8, 4) is 0 Å². The van der Waals surface area contributed by atoms with Crippen molar-refractivity contribution in [2.75, 3.05) is 13.1 Å². The number of benzene rings is 1. The van der Waals surface area contributed by atoms with Gasteiger partial charge in [0.05, 0.1) is 5.56 Å². The number of aryl methyl sites for hydroxylation is 1. The number of amides is 1. The van der Waals surface area contributed by atoms with Crippen LogP contribution in [0.25, 0.3) is 0 Å². The number of nitrogens with zero attached hydrogens (tertiary/aromatic N) is 1. The lowest BCUT2D eigenvalue weighted by Crippen LogP contribution is -2.32. The Kier molecular flexibility index (Phi) is 5.99. The van der Waals surface area contributed by atoms with Crippen LogP contribution in [-0.4, -0.2) is 35.0 Å². The Morgan fingerprint density at radius 3 is 2.73 bits per heavy atom. The second kappa shape index (κ2) is 7.97. The van der Waals surface area contributed by atoms with E-state index in [9.17, 15) is 14.7 Å². The zero-order chi connectivity index (χ0) is 15.9. The van der Waals surface area contributed by atoms with E-state index in [4.69, 9.17) is 0 Å². The van der Waals surface area contributed by atoms with E-state index in [-0.39, 0.29) is 5.91 Å². The van der Waals surface area contributed by atoms with Crippen LogP contribution in [0.2, 0.25) is 0 Å². The first kappa shape index (κ1) is 16.5. The minimum absolute atomic E-state index is 0.150. The molecule has 0 radical (unpaired) electrons. The van der Waals surface area contributed by atoms with Gasteiger partial charge in [0.2, 0.25) is 5.91 Å². The quantitative estimate of drug-likeness (QED) is 0.907. The van der Waals surface area contributed by atoms with E-state index in [1.165, 1.54) is 12.8 Å². The lowest BCUT2D eigenvalue weighted by molar-refractivity contribution is -0.131. The number of carbonyl (C=O) groups is 2. The van der Waals surface area contributed by atoms with Gasteiger partial charge >= 0.3 is 5.97 Å². The van der Waals surface area contributed by atoms with Crippen molar-refractivity contribution >= 4 is 11.9 Å². The first-order valence-electron chi connectivity index (χ1n) is 8.20. The van der Waals surface area contributed by atoms with Gasteiger partial charge in [0.25, 0.3) is 0 Å². The Bertz CT molecular complexity index is 527. The molecule has 1 amide bonds. The fourth-order valence-corrected chi connectivity index (χ4v) is 3.17. The molecular weight excluding hydrogens is 278 g/mol. The fraction of sp³-hybridized carbons (Fsp3) is 0.556. The third-order valence-corrected chi connectivity index (χ3v) is 4.63. The summed E-state index contributed by atoms with van der Waals surface area (Å²) in [6.07, 6.45) is 5.45. The summed E-state index contributed by atoms with van der Waals surface area (Å²) in [7, 11) is 0. The summed E-state index contributed by atoms with van der Waals surface area (Å²) in [6.45, 7) is 3.90. The van der Waals surface area contributed by atoms with Crippen molar-refractivity contribution in [1.29, 1.82) is 0 Å². The van der Waals surface area contributed by atoms with E-state index < -0.39 is 5.97 Å². The van der Waals surface area contributed by atoms with Crippen LogP contribution < -0.4 is 0 Å². The Morgan fingerprint density at radius 2 is 2.00 bits per heavy atom. The summed E-state index contributed by atoms with van der Waals surface area (Å²) in [5.41, 5.74) is 1.04. The lowest BCUT2D eigenvalue weighted by Gasteiger charge is -2.20. The van der Waals surface area contributed by atoms with Gasteiger partial charge in [-0.1, -0.05) is 31.5 Å². The van der Waals surface area contributed by atoms with Gasteiger partial charge in [-0.15, -0.1) is 0 Å². The molecule has 0 spiro atoms. The summed E-state index contributed by atoms with van der Waals surface area (Å²) < 4.78 is 0. The molecule has 0 saturated carbocycles. The maximum Gasteiger partial charge on any atom is 0.335 e. The normalized spacial score (nSPS) is 18.8. The topological polar surface area (TPSA) is 57.6 Å². The molecule has 2 rings (SSSR count). The molecule has 22 heavy (non-hydrogen) atoms. The van der Waals surface area contributed by atoms with Gasteiger partial charge < -0.3 is 10.0 Å². The summed E-state index contributed by atoms with van der Waals surface area (Å²) >= 11 is 0. The predicted octanol–water partition coefficient (Wildman–Crippen LogP) is 3.36. The maximum atomic E-state index is 12.4. The van der Waals surface area contributed by atoms with Crippen LogP contribution in [0.1, 0.15) is 54.9 Å². The number of carbonyl (C=O) groups excluding carboxylic acids is 1. The molecule has 1 atom stereocenters. The maximum absolute atomic E-state index is 12.4. The molecule has 1 aromatic carbocycles. The highest BCUT2D eigenvalue weighted by molar-refractivity contribution is 5.89. The zero-order valence-corrected chi connectivity index (χ0v) is 13.3. The third kappa shape index (κ3) is 4.33. The molecule has 1 saturated heterocycles. The lowest BCUT2D eigenvalue weighted by atomic mass is 9.98. The van der Waals surface area contributed by atoms with E-state index in [0.717, 1.165) is 37.4 Å². The van der Waals surface area contributed by atoms with E-state index in [2.05, 4.69) is 6.92 Å². The molecule has 4 heteroatoms. The van der Waals surface area contributed by atoms with Gasteiger partial charge in [0.1, 0.15) is 0 Å². The second-order valence-electron chi connectivity index (χ2n) is 6.05. The molecule has 1 aliphatic heterocycles. The summed E-state index contributed by atoms with van der Waals surface area (Å²) in [5.74, 6) is -0.0360. The summed E-state index contributed by atoms with van der Waals surface area (Å²) in [4.78, 5) is 25.5. The molecule has 1 aromatic rings. The van der Waals surface area contributed by atoms with Crippen molar-refractivity contribution in [1.82, 2.24) is 4.90 Å². The standard InChI is InChI=1S/C18H25NO3/c1-2-14-6-5-12-19(13-11-14)17(20)10-9-15-7-3-4-8-16(15)18(21)22/h3-4,7-8,14H,2,5-6,9-13H2,1H3,(H,21,22). The van der Waals surface area contributed by atoms with Crippen LogP contribution in [0, 0.1) is 5.92 Å². The number of aromatic carboxylic acids is 1. The van der Waals surface area contributed by atoms with Crippen molar-refractivity contribution in [3.63, 3.8) is 0 Å². The van der Waals surface area contributed by atoms with Gasteiger partial charge in [0, 0.05) is 19.5 Å². The second-order valence-corrected chi connectivity index (χ2v) is 6.05. The minimum atomic E-state index is -0.927.